The molecular formula is C6H5N3S3. The summed E-state index contributed by atoms with van der Waals surface area (Å²) in [6.07, 6.45) is 1.79. The Morgan fingerprint density at radius 2 is 2.33 bits per heavy atom. The highest BCUT2D eigenvalue weighted by atomic mass is 32.2. The van der Waals surface area contributed by atoms with Crippen molar-refractivity contribution in [2.75, 3.05) is 0 Å². The lowest BCUT2D eigenvalue weighted by atomic mass is 10.8. The van der Waals surface area contributed by atoms with Crippen molar-refractivity contribution in [2.24, 2.45) is 0 Å². The molecule has 0 saturated heterocycles. The molecule has 2 heterocycles. The molecule has 0 radical (unpaired) electrons. The highest BCUT2D eigenvalue weighted by molar-refractivity contribution is 8.02. The van der Waals surface area contributed by atoms with Crippen molar-refractivity contribution in [3.63, 3.8) is 0 Å². The second-order valence-corrected chi connectivity index (χ2v) is 5.15. The molecule has 0 unspecified atom stereocenters. The fourth-order valence-corrected chi connectivity index (χ4v) is 3.13. The van der Waals surface area contributed by atoms with Gasteiger partial charge in [-0.25, -0.2) is 9.97 Å². The molecule has 0 amide bonds. The van der Waals surface area contributed by atoms with Crippen molar-refractivity contribution in [3.05, 3.63) is 17.4 Å². The fraction of sp³-hybridized carbons (Fsp3) is 0.167. The number of thiazole rings is 1. The number of nitrogens with zero attached hydrogens (tertiary/aromatic N) is 3. The summed E-state index contributed by atoms with van der Waals surface area (Å²) in [7, 11) is 0. The molecule has 0 spiro atoms. The predicted octanol–water partition coefficient (Wildman–Crippen LogP) is 2.45. The Hall–Kier alpha value is -0.460. The zero-order valence-corrected chi connectivity index (χ0v) is 8.67. The molecule has 3 nitrogen and oxygen atoms in total. The molecule has 0 fully saturated rings. The van der Waals surface area contributed by atoms with Gasteiger partial charge in [0, 0.05) is 11.6 Å². The molecule has 12 heavy (non-hydrogen) atoms. The average Bonchev–Trinajstić information content (AvgIpc) is 2.63. The maximum Gasteiger partial charge on any atom is 0.177 e. The van der Waals surface area contributed by atoms with Gasteiger partial charge < -0.3 is 0 Å². The second kappa shape index (κ2) is 3.51. The van der Waals surface area contributed by atoms with Gasteiger partial charge >= 0.3 is 0 Å². The Morgan fingerprint density at radius 3 is 2.92 bits per heavy atom. The summed E-state index contributed by atoms with van der Waals surface area (Å²) >= 11 is 4.60. The van der Waals surface area contributed by atoms with Crippen LogP contribution in [0.25, 0.3) is 0 Å². The van der Waals surface area contributed by atoms with Crippen molar-refractivity contribution in [2.45, 2.75) is 15.6 Å². The topological polar surface area (TPSA) is 38.7 Å². The number of aromatic nitrogens is 3. The molecule has 2 rings (SSSR count). The lowest BCUT2D eigenvalue weighted by Gasteiger charge is -1.86. The largest absolute Gasteiger partial charge is 0.238 e. The van der Waals surface area contributed by atoms with Gasteiger partial charge in [-0.05, 0) is 30.2 Å². The number of hydrogen-bond donors (Lipinski definition) is 0. The Labute approximate surface area is 82.1 Å². The van der Waals surface area contributed by atoms with Gasteiger partial charge in [0.2, 0.25) is 0 Å². The number of aryl methyl sites for hydroxylation is 1. The molecule has 2 aromatic rings. The van der Waals surface area contributed by atoms with E-state index in [0.29, 0.717) is 0 Å². The first-order valence-corrected chi connectivity index (χ1v) is 5.69. The summed E-state index contributed by atoms with van der Waals surface area (Å²) in [5.41, 5.74) is 0. The quantitative estimate of drug-likeness (QED) is 0.771. The normalized spacial score (nSPS) is 10.4. The third-order valence-electron chi connectivity index (χ3n) is 1.09. The molecule has 0 aromatic carbocycles. The van der Waals surface area contributed by atoms with Crippen LogP contribution in [0, 0.1) is 6.92 Å². The van der Waals surface area contributed by atoms with Gasteiger partial charge in [-0.15, -0.1) is 11.3 Å². The van der Waals surface area contributed by atoms with Gasteiger partial charge in [0.1, 0.15) is 5.82 Å². The summed E-state index contributed by atoms with van der Waals surface area (Å²) in [6, 6.07) is 0. The molecular weight excluding hydrogens is 210 g/mol. The van der Waals surface area contributed by atoms with Crippen LogP contribution in [0.1, 0.15) is 5.82 Å². The van der Waals surface area contributed by atoms with Crippen molar-refractivity contribution < 1.29 is 0 Å². The molecule has 0 aliphatic heterocycles. The van der Waals surface area contributed by atoms with E-state index in [2.05, 4.69) is 14.3 Å². The van der Waals surface area contributed by atoms with E-state index in [1.807, 2.05) is 12.3 Å². The van der Waals surface area contributed by atoms with E-state index < -0.39 is 0 Å². The Morgan fingerprint density at radius 1 is 1.42 bits per heavy atom. The van der Waals surface area contributed by atoms with Crippen molar-refractivity contribution in [1.82, 2.24) is 14.3 Å². The molecule has 0 N–H and O–H groups in total. The molecule has 2 aromatic heterocycles. The average molecular weight is 215 g/mol. The number of rotatable bonds is 2. The van der Waals surface area contributed by atoms with Crippen molar-refractivity contribution in [1.29, 1.82) is 0 Å². The Balaban J connectivity index is 2.14. The van der Waals surface area contributed by atoms with E-state index in [1.54, 1.807) is 29.3 Å². The SMILES string of the molecule is Cc1nsc(Sc2nccs2)n1. The number of hydrogen-bond acceptors (Lipinski definition) is 6. The van der Waals surface area contributed by atoms with E-state index in [9.17, 15) is 0 Å². The molecule has 0 saturated carbocycles. The van der Waals surface area contributed by atoms with E-state index in [1.165, 1.54) is 11.5 Å². The van der Waals surface area contributed by atoms with Crippen LogP contribution in [0.4, 0.5) is 0 Å². The predicted molar refractivity (Wildman–Crippen MR) is 50.9 cm³/mol. The molecule has 0 aliphatic rings. The third-order valence-corrected chi connectivity index (χ3v) is 3.82. The molecule has 62 valence electrons. The third kappa shape index (κ3) is 1.82. The van der Waals surface area contributed by atoms with Gasteiger partial charge in [-0.1, -0.05) is 0 Å². The fourth-order valence-electron chi connectivity index (χ4n) is 0.655. The van der Waals surface area contributed by atoms with Crippen molar-refractivity contribution >= 4 is 34.6 Å². The summed E-state index contributed by atoms with van der Waals surface area (Å²) in [4.78, 5) is 8.36. The maximum atomic E-state index is 4.22. The summed E-state index contributed by atoms with van der Waals surface area (Å²) in [5, 5.41) is 1.95. The van der Waals surface area contributed by atoms with Crippen LogP contribution in [0.2, 0.25) is 0 Å². The van der Waals surface area contributed by atoms with E-state index in [4.69, 9.17) is 0 Å². The van der Waals surface area contributed by atoms with Gasteiger partial charge in [0.05, 0.1) is 0 Å². The Bertz CT molecular complexity index is 354. The van der Waals surface area contributed by atoms with E-state index >= 15 is 0 Å². The van der Waals surface area contributed by atoms with Gasteiger partial charge in [0.25, 0.3) is 0 Å². The van der Waals surface area contributed by atoms with E-state index in [-0.39, 0.29) is 0 Å². The zero-order valence-electron chi connectivity index (χ0n) is 6.22. The lowest BCUT2D eigenvalue weighted by Crippen LogP contribution is -1.72. The molecule has 0 atom stereocenters. The first-order valence-electron chi connectivity index (χ1n) is 3.22. The summed E-state index contributed by atoms with van der Waals surface area (Å²) < 4.78 is 6.06. The summed E-state index contributed by atoms with van der Waals surface area (Å²) in [5.74, 6) is 0.832. The first-order chi connectivity index (χ1) is 5.84. The molecule has 6 heteroatoms. The monoisotopic (exact) mass is 215 g/mol. The second-order valence-electron chi connectivity index (χ2n) is 2.01. The van der Waals surface area contributed by atoms with Crippen LogP contribution in [0.3, 0.4) is 0 Å². The first kappa shape index (κ1) is 8.15. The van der Waals surface area contributed by atoms with Crippen LogP contribution >= 0.6 is 34.6 Å². The van der Waals surface area contributed by atoms with Crippen LogP contribution < -0.4 is 0 Å². The highest BCUT2D eigenvalue weighted by Gasteiger charge is 2.03. The van der Waals surface area contributed by atoms with Gasteiger partial charge in [-0.3, -0.25) is 0 Å². The van der Waals surface area contributed by atoms with Crippen LogP contribution in [0.15, 0.2) is 20.3 Å². The smallest absolute Gasteiger partial charge is 0.177 e. The van der Waals surface area contributed by atoms with Crippen LogP contribution in [-0.4, -0.2) is 14.3 Å². The minimum Gasteiger partial charge on any atom is -0.238 e. The van der Waals surface area contributed by atoms with Crippen LogP contribution in [-0.2, 0) is 0 Å². The standard InChI is InChI=1S/C6H5N3S3/c1-4-8-6(12-9-4)11-5-7-2-3-10-5/h2-3H,1H3. The van der Waals surface area contributed by atoms with Gasteiger partial charge in [0.15, 0.2) is 8.68 Å². The minimum atomic E-state index is 0.832. The van der Waals surface area contributed by atoms with E-state index in [0.717, 1.165) is 14.5 Å². The lowest BCUT2D eigenvalue weighted by molar-refractivity contribution is 1.10. The minimum absolute atomic E-state index is 0.832. The summed E-state index contributed by atoms with van der Waals surface area (Å²) in [6.45, 7) is 1.89. The zero-order chi connectivity index (χ0) is 8.39. The van der Waals surface area contributed by atoms with Crippen molar-refractivity contribution in [3.8, 4) is 0 Å². The molecule has 0 aliphatic carbocycles. The van der Waals surface area contributed by atoms with Crippen LogP contribution in [0.5, 0.6) is 0 Å². The molecule has 0 bridgehead atoms. The Kier molecular flexibility index (Phi) is 2.38. The van der Waals surface area contributed by atoms with Gasteiger partial charge in [-0.2, -0.15) is 4.37 Å². The maximum absolute atomic E-state index is 4.22. The highest BCUT2D eigenvalue weighted by Crippen LogP contribution is 2.29.